The van der Waals surface area contributed by atoms with Crippen molar-refractivity contribution >= 4 is 11.6 Å². The molecule has 2 nitrogen and oxygen atoms in total. The topological polar surface area (TPSA) is 15.3 Å². The van der Waals surface area contributed by atoms with E-state index in [0.29, 0.717) is 24.2 Å². The minimum absolute atomic E-state index is 0.531. The second-order valence-corrected chi connectivity index (χ2v) is 5.96. The van der Waals surface area contributed by atoms with E-state index >= 15 is 0 Å². The highest BCUT2D eigenvalue weighted by Gasteiger charge is 2.33. The lowest BCUT2D eigenvalue weighted by Crippen LogP contribution is -2.63. The Kier molecular flexibility index (Phi) is 4.31. The smallest absolute Gasteiger partial charge is 0.0406 e. The number of nitrogens with zero attached hydrogens (tertiary/aromatic N) is 1. The average molecular weight is 267 g/mol. The van der Waals surface area contributed by atoms with Gasteiger partial charge in [-0.3, -0.25) is 4.90 Å². The maximum atomic E-state index is 5.93. The Bertz CT molecular complexity index is 376. The van der Waals surface area contributed by atoms with Gasteiger partial charge in [0.15, 0.2) is 0 Å². The summed E-state index contributed by atoms with van der Waals surface area (Å²) < 4.78 is 0. The molecule has 1 saturated heterocycles. The van der Waals surface area contributed by atoms with Gasteiger partial charge in [0, 0.05) is 35.7 Å². The fourth-order valence-corrected chi connectivity index (χ4v) is 2.85. The Hall–Kier alpha value is -0.570. The van der Waals surface area contributed by atoms with E-state index < -0.39 is 0 Å². The molecule has 1 aliphatic heterocycles. The van der Waals surface area contributed by atoms with Crippen molar-refractivity contribution in [3.63, 3.8) is 0 Å². The summed E-state index contributed by atoms with van der Waals surface area (Å²) in [4.78, 5) is 2.58. The molecule has 1 N–H and O–H groups in total. The first-order chi connectivity index (χ1) is 8.49. The summed E-state index contributed by atoms with van der Waals surface area (Å²) in [5, 5.41) is 4.45. The van der Waals surface area contributed by atoms with Gasteiger partial charge in [-0.25, -0.2) is 0 Å². The molecule has 0 unspecified atom stereocenters. The summed E-state index contributed by atoms with van der Waals surface area (Å²) in [6.45, 7) is 10.1. The summed E-state index contributed by atoms with van der Waals surface area (Å²) >= 11 is 5.93. The molecule has 1 aromatic rings. The van der Waals surface area contributed by atoms with Crippen molar-refractivity contribution in [1.29, 1.82) is 0 Å². The van der Waals surface area contributed by atoms with Crippen molar-refractivity contribution in [2.45, 2.75) is 58.4 Å². The normalized spacial score (nSPS) is 33.6. The van der Waals surface area contributed by atoms with E-state index in [0.717, 1.165) is 11.6 Å². The van der Waals surface area contributed by atoms with Crippen LogP contribution in [0, 0.1) is 0 Å². The largest absolute Gasteiger partial charge is 0.309 e. The molecule has 100 valence electrons. The van der Waals surface area contributed by atoms with Gasteiger partial charge in [-0.15, -0.1) is 0 Å². The first-order valence-electron chi connectivity index (χ1n) is 6.75. The average Bonchev–Trinajstić information content (AvgIpc) is 2.34. The van der Waals surface area contributed by atoms with E-state index in [-0.39, 0.29) is 0 Å². The Balaban J connectivity index is 2.12. The van der Waals surface area contributed by atoms with Crippen LogP contribution >= 0.6 is 11.6 Å². The monoisotopic (exact) mass is 266 g/mol. The number of nitrogens with one attached hydrogen (secondary N) is 1. The van der Waals surface area contributed by atoms with E-state index in [1.165, 1.54) is 5.56 Å². The summed E-state index contributed by atoms with van der Waals surface area (Å²) in [5.41, 5.74) is 1.33. The van der Waals surface area contributed by atoms with Crippen LogP contribution in [0.4, 0.5) is 0 Å². The molecule has 18 heavy (non-hydrogen) atoms. The lowest BCUT2D eigenvalue weighted by Gasteiger charge is -2.47. The van der Waals surface area contributed by atoms with Gasteiger partial charge in [0.25, 0.3) is 0 Å². The molecule has 0 bridgehead atoms. The van der Waals surface area contributed by atoms with Crippen LogP contribution < -0.4 is 5.32 Å². The minimum Gasteiger partial charge on any atom is -0.309 e. The third kappa shape index (κ3) is 2.87. The predicted molar refractivity (Wildman–Crippen MR) is 78.0 cm³/mol. The van der Waals surface area contributed by atoms with Crippen LogP contribution in [0.5, 0.6) is 0 Å². The third-order valence-corrected chi connectivity index (χ3v) is 4.55. The number of hydrogen-bond donors (Lipinski definition) is 1. The van der Waals surface area contributed by atoms with Crippen molar-refractivity contribution in [2.75, 3.05) is 0 Å². The molecule has 0 spiro atoms. The summed E-state index contributed by atoms with van der Waals surface area (Å²) in [7, 11) is 0. The zero-order valence-electron chi connectivity index (χ0n) is 11.7. The molecule has 0 saturated carbocycles. The Morgan fingerprint density at radius 3 is 2.00 bits per heavy atom. The van der Waals surface area contributed by atoms with Crippen molar-refractivity contribution in [3.05, 3.63) is 34.9 Å². The number of benzene rings is 1. The maximum absolute atomic E-state index is 5.93. The van der Waals surface area contributed by atoms with Crippen LogP contribution in [0.2, 0.25) is 5.02 Å². The second-order valence-electron chi connectivity index (χ2n) is 5.52. The number of rotatable bonds is 2. The van der Waals surface area contributed by atoms with E-state index in [9.17, 15) is 0 Å². The fraction of sp³-hybridized carbons (Fsp3) is 0.600. The first kappa shape index (κ1) is 13.9. The lowest BCUT2D eigenvalue weighted by atomic mass is 9.96. The highest BCUT2D eigenvalue weighted by atomic mass is 35.5. The third-order valence-electron chi connectivity index (χ3n) is 4.30. The first-order valence-corrected chi connectivity index (χ1v) is 7.13. The van der Waals surface area contributed by atoms with Crippen LogP contribution in [0.25, 0.3) is 0 Å². The van der Waals surface area contributed by atoms with Crippen molar-refractivity contribution in [3.8, 4) is 0 Å². The Morgan fingerprint density at radius 1 is 1.00 bits per heavy atom. The quantitative estimate of drug-likeness (QED) is 0.884. The van der Waals surface area contributed by atoms with Crippen LogP contribution in [0.3, 0.4) is 0 Å². The van der Waals surface area contributed by atoms with E-state index in [4.69, 9.17) is 11.6 Å². The van der Waals surface area contributed by atoms with Crippen molar-refractivity contribution in [1.82, 2.24) is 10.2 Å². The predicted octanol–water partition coefficient (Wildman–Crippen LogP) is 3.30. The molecule has 0 aliphatic carbocycles. The molecular formula is C15H23ClN2. The molecule has 1 aromatic carbocycles. The van der Waals surface area contributed by atoms with Gasteiger partial charge in [0.05, 0.1) is 0 Å². The van der Waals surface area contributed by atoms with Crippen LogP contribution in [0.1, 0.15) is 33.3 Å². The van der Waals surface area contributed by atoms with E-state index in [1.54, 1.807) is 0 Å². The van der Waals surface area contributed by atoms with Gasteiger partial charge in [0.1, 0.15) is 0 Å². The van der Waals surface area contributed by atoms with Gasteiger partial charge >= 0.3 is 0 Å². The van der Waals surface area contributed by atoms with Gasteiger partial charge in [-0.05, 0) is 45.4 Å². The zero-order valence-corrected chi connectivity index (χ0v) is 12.4. The molecule has 0 aromatic heterocycles. The number of hydrogen-bond acceptors (Lipinski definition) is 2. The lowest BCUT2D eigenvalue weighted by molar-refractivity contribution is 0.0515. The molecule has 1 aliphatic rings. The maximum Gasteiger partial charge on any atom is 0.0406 e. The minimum atomic E-state index is 0.531. The molecule has 1 fully saturated rings. The van der Waals surface area contributed by atoms with Crippen molar-refractivity contribution < 1.29 is 0 Å². The molecule has 0 radical (unpaired) electrons. The highest BCUT2D eigenvalue weighted by Crippen LogP contribution is 2.22. The molecule has 3 heteroatoms. The molecule has 2 rings (SSSR count). The molecule has 0 amide bonds. The van der Waals surface area contributed by atoms with E-state index in [2.05, 4.69) is 50.0 Å². The Morgan fingerprint density at radius 2 is 1.50 bits per heavy atom. The van der Waals surface area contributed by atoms with E-state index in [1.807, 2.05) is 12.1 Å². The standard InChI is InChI=1S/C15H23ClN2/c1-10-12(3)18(13(4)11(2)17-10)9-14-5-7-15(16)8-6-14/h5-8,10-13,17H,9H2,1-4H3/t10-,11-,12-,13+/m0/s1. The van der Waals surface area contributed by atoms with Crippen molar-refractivity contribution in [2.24, 2.45) is 0 Å². The highest BCUT2D eigenvalue weighted by molar-refractivity contribution is 6.30. The number of halogens is 1. The second kappa shape index (κ2) is 5.60. The fourth-order valence-electron chi connectivity index (χ4n) is 2.73. The van der Waals surface area contributed by atoms with Gasteiger partial charge in [-0.2, -0.15) is 0 Å². The number of piperazine rings is 1. The SMILES string of the molecule is C[C@@H]1N[C@@H](C)[C@H](C)N(Cc2ccc(Cl)cc2)[C@@H]1C. The van der Waals surface area contributed by atoms with Crippen LogP contribution in [0.15, 0.2) is 24.3 Å². The summed E-state index contributed by atoms with van der Waals surface area (Å²) in [5.74, 6) is 0. The molecular weight excluding hydrogens is 244 g/mol. The summed E-state index contributed by atoms with van der Waals surface area (Å²) in [6, 6.07) is 10.4. The Labute approximate surface area is 115 Å². The molecule has 4 atom stereocenters. The van der Waals surface area contributed by atoms with Crippen LogP contribution in [-0.2, 0) is 6.54 Å². The van der Waals surface area contributed by atoms with Gasteiger partial charge < -0.3 is 5.32 Å². The van der Waals surface area contributed by atoms with Crippen LogP contribution in [-0.4, -0.2) is 29.1 Å². The zero-order chi connectivity index (χ0) is 13.3. The summed E-state index contributed by atoms with van der Waals surface area (Å²) in [6.07, 6.45) is 0. The van der Waals surface area contributed by atoms with Gasteiger partial charge in [-0.1, -0.05) is 23.7 Å². The van der Waals surface area contributed by atoms with Gasteiger partial charge in [0.2, 0.25) is 0 Å². The molecule has 1 heterocycles.